The van der Waals surface area contributed by atoms with Crippen LogP contribution in [0.25, 0.3) is 0 Å². The SMILES string of the molecule is COc1cc(S(=O)(=O)NNC(=O)COc2ccccc2C)ccc1NC(C)=O. The predicted molar refractivity (Wildman–Crippen MR) is 102 cm³/mol. The van der Waals surface area contributed by atoms with Crippen molar-refractivity contribution >= 4 is 27.5 Å². The number of aryl methyl sites for hydroxylation is 1. The minimum absolute atomic E-state index is 0.154. The van der Waals surface area contributed by atoms with Gasteiger partial charge in [-0.05, 0) is 30.7 Å². The summed E-state index contributed by atoms with van der Waals surface area (Å²) < 4.78 is 35.2. The van der Waals surface area contributed by atoms with Gasteiger partial charge in [-0.3, -0.25) is 15.0 Å². The Labute approximate surface area is 163 Å². The zero-order valence-corrected chi connectivity index (χ0v) is 16.4. The smallest absolute Gasteiger partial charge is 0.272 e. The molecule has 0 aliphatic rings. The minimum atomic E-state index is -4.05. The lowest BCUT2D eigenvalue weighted by Crippen LogP contribution is -2.43. The zero-order chi connectivity index (χ0) is 20.7. The molecule has 0 aliphatic carbocycles. The molecule has 150 valence electrons. The quantitative estimate of drug-likeness (QED) is 0.568. The Morgan fingerprint density at radius 1 is 1.07 bits per heavy atom. The zero-order valence-electron chi connectivity index (χ0n) is 15.6. The standard InChI is InChI=1S/C18H21N3O6S/c1-12-6-4-5-7-16(12)27-11-18(23)20-21-28(24,25)14-8-9-15(19-13(2)22)17(10-14)26-3/h4-10,21H,11H2,1-3H3,(H,19,22)(H,20,23). The first kappa shape index (κ1) is 21.2. The van der Waals surface area contributed by atoms with Crippen molar-refractivity contribution < 1.29 is 27.5 Å². The maximum atomic E-state index is 12.4. The number of hydrogen-bond acceptors (Lipinski definition) is 6. The van der Waals surface area contributed by atoms with E-state index in [1.807, 2.05) is 23.9 Å². The first-order valence-electron chi connectivity index (χ1n) is 8.17. The number of rotatable bonds is 8. The van der Waals surface area contributed by atoms with E-state index in [0.29, 0.717) is 11.4 Å². The summed E-state index contributed by atoms with van der Waals surface area (Å²) in [7, 11) is -2.71. The van der Waals surface area contributed by atoms with Crippen LogP contribution in [-0.4, -0.2) is 33.9 Å². The number of methoxy groups -OCH3 is 1. The van der Waals surface area contributed by atoms with Crippen molar-refractivity contribution in [1.29, 1.82) is 0 Å². The fraction of sp³-hybridized carbons (Fsp3) is 0.222. The minimum Gasteiger partial charge on any atom is -0.495 e. The highest BCUT2D eigenvalue weighted by molar-refractivity contribution is 7.89. The van der Waals surface area contributed by atoms with Crippen LogP contribution in [-0.2, 0) is 19.6 Å². The monoisotopic (exact) mass is 407 g/mol. The molecule has 2 amide bonds. The molecule has 0 atom stereocenters. The second-order valence-corrected chi connectivity index (χ2v) is 7.43. The Balaban J connectivity index is 2.00. The molecule has 0 radical (unpaired) electrons. The fourth-order valence-corrected chi connectivity index (χ4v) is 3.09. The van der Waals surface area contributed by atoms with E-state index in [9.17, 15) is 18.0 Å². The summed E-state index contributed by atoms with van der Waals surface area (Å²) in [5, 5.41) is 2.52. The molecule has 2 aromatic carbocycles. The average molecular weight is 407 g/mol. The number of benzene rings is 2. The number of hydrazine groups is 1. The van der Waals surface area contributed by atoms with Crippen molar-refractivity contribution in [3.63, 3.8) is 0 Å². The molecule has 9 nitrogen and oxygen atoms in total. The topological polar surface area (TPSA) is 123 Å². The van der Waals surface area contributed by atoms with Crippen LogP contribution in [0.1, 0.15) is 12.5 Å². The Kier molecular flexibility index (Phi) is 6.96. The van der Waals surface area contributed by atoms with Gasteiger partial charge in [0.25, 0.3) is 15.9 Å². The van der Waals surface area contributed by atoms with E-state index in [1.165, 1.54) is 32.2 Å². The summed E-state index contributed by atoms with van der Waals surface area (Å²) in [6.45, 7) is 2.78. The highest BCUT2D eigenvalue weighted by Crippen LogP contribution is 2.27. The van der Waals surface area contributed by atoms with E-state index >= 15 is 0 Å². The summed E-state index contributed by atoms with van der Waals surface area (Å²) in [6, 6.07) is 11.0. The van der Waals surface area contributed by atoms with Crippen LogP contribution in [0.4, 0.5) is 5.69 Å². The van der Waals surface area contributed by atoms with Gasteiger partial charge in [-0.25, -0.2) is 8.42 Å². The number of anilines is 1. The summed E-state index contributed by atoms with van der Waals surface area (Å²) in [5.41, 5.74) is 3.26. The van der Waals surface area contributed by atoms with E-state index in [-0.39, 0.29) is 23.2 Å². The number of sulfonamides is 1. The van der Waals surface area contributed by atoms with Crippen molar-refractivity contribution in [1.82, 2.24) is 10.3 Å². The lowest BCUT2D eigenvalue weighted by atomic mass is 10.2. The van der Waals surface area contributed by atoms with Gasteiger partial charge in [0.15, 0.2) is 6.61 Å². The van der Waals surface area contributed by atoms with Gasteiger partial charge in [-0.1, -0.05) is 18.2 Å². The molecule has 0 heterocycles. The number of ether oxygens (including phenoxy) is 2. The van der Waals surface area contributed by atoms with E-state index in [1.54, 1.807) is 12.1 Å². The molecule has 2 rings (SSSR count). The van der Waals surface area contributed by atoms with Gasteiger partial charge in [0, 0.05) is 13.0 Å². The molecule has 0 unspecified atom stereocenters. The van der Waals surface area contributed by atoms with E-state index in [4.69, 9.17) is 9.47 Å². The summed E-state index contributed by atoms with van der Waals surface area (Å²) in [4.78, 5) is 24.9. The molecule has 3 N–H and O–H groups in total. The van der Waals surface area contributed by atoms with Crippen molar-refractivity contribution in [2.24, 2.45) is 0 Å². The Morgan fingerprint density at radius 2 is 1.79 bits per heavy atom. The van der Waals surface area contributed by atoms with Crippen LogP contribution in [0.15, 0.2) is 47.4 Å². The van der Waals surface area contributed by atoms with Gasteiger partial charge in [-0.15, -0.1) is 4.83 Å². The summed E-state index contributed by atoms with van der Waals surface area (Å²) in [5.74, 6) is -0.312. The lowest BCUT2D eigenvalue weighted by molar-refractivity contribution is -0.123. The summed E-state index contributed by atoms with van der Waals surface area (Å²) in [6.07, 6.45) is 0. The molecule has 28 heavy (non-hydrogen) atoms. The molecule has 0 spiro atoms. The van der Waals surface area contributed by atoms with Gasteiger partial charge >= 0.3 is 0 Å². The molecule has 0 saturated heterocycles. The number of hydrogen-bond donors (Lipinski definition) is 3. The third-order valence-electron chi connectivity index (χ3n) is 3.57. The van der Waals surface area contributed by atoms with E-state index in [0.717, 1.165) is 5.56 Å². The van der Waals surface area contributed by atoms with Crippen molar-refractivity contribution in [2.75, 3.05) is 19.0 Å². The predicted octanol–water partition coefficient (Wildman–Crippen LogP) is 1.35. The van der Waals surface area contributed by atoms with Crippen LogP contribution >= 0.6 is 0 Å². The highest BCUT2D eigenvalue weighted by atomic mass is 32.2. The van der Waals surface area contributed by atoms with Gasteiger partial charge in [0.2, 0.25) is 5.91 Å². The number of para-hydroxylation sites is 1. The largest absolute Gasteiger partial charge is 0.495 e. The van der Waals surface area contributed by atoms with Gasteiger partial charge in [0.05, 0.1) is 17.7 Å². The number of nitrogens with one attached hydrogen (secondary N) is 3. The van der Waals surface area contributed by atoms with Gasteiger partial charge in [0.1, 0.15) is 11.5 Å². The van der Waals surface area contributed by atoms with Crippen LogP contribution in [0.2, 0.25) is 0 Å². The molecular formula is C18H21N3O6S. The Hall–Kier alpha value is -3.11. The average Bonchev–Trinajstić information content (AvgIpc) is 2.65. The van der Waals surface area contributed by atoms with Crippen LogP contribution in [0, 0.1) is 6.92 Å². The number of carbonyl (C=O) groups is 2. The normalized spacial score (nSPS) is 10.8. The van der Waals surface area contributed by atoms with Crippen LogP contribution < -0.4 is 25.0 Å². The van der Waals surface area contributed by atoms with Gasteiger partial charge < -0.3 is 14.8 Å². The molecule has 0 aliphatic heterocycles. The van der Waals surface area contributed by atoms with E-state index in [2.05, 4.69) is 10.7 Å². The maximum Gasteiger partial charge on any atom is 0.272 e. The van der Waals surface area contributed by atoms with Crippen molar-refractivity contribution in [3.8, 4) is 11.5 Å². The molecule has 10 heteroatoms. The second-order valence-electron chi connectivity index (χ2n) is 5.75. The number of carbonyl (C=O) groups excluding carboxylic acids is 2. The maximum absolute atomic E-state index is 12.4. The van der Waals surface area contributed by atoms with Crippen LogP contribution in [0.3, 0.4) is 0 Å². The Morgan fingerprint density at radius 3 is 2.43 bits per heavy atom. The third-order valence-corrected chi connectivity index (χ3v) is 4.82. The van der Waals surface area contributed by atoms with Crippen LogP contribution in [0.5, 0.6) is 11.5 Å². The van der Waals surface area contributed by atoms with Crippen molar-refractivity contribution in [3.05, 3.63) is 48.0 Å². The Bertz CT molecular complexity index is 975. The first-order valence-corrected chi connectivity index (χ1v) is 9.66. The lowest BCUT2D eigenvalue weighted by Gasteiger charge is -2.13. The molecular weight excluding hydrogens is 386 g/mol. The fourth-order valence-electron chi connectivity index (χ4n) is 2.21. The molecule has 0 saturated carbocycles. The first-order chi connectivity index (χ1) is 13.2. The molecule has 0 aromatic heterocycles. The van der Waals surface area contributed by atoms with E-state index < -0.39 is 15.9 Å². The van der Waals surface area contributed by atoms with Crippen molar-refractivity contribution in [2.45, 2.75) is 18.7 Å². The second kappa shape index (κ2) is 9.20. The molecule has 0 fully saturated rings. The molecule has 0 bridgehead atoms. The highest BCUT2D eigenvalue weighted by Gasteiger charge is 2.18. The summed E-state index contributed by atoms with van der Waals surface area (Å²) >= 11 is 0. The molecule has 2 aromatic rings. The number of amides is 2. The van der Waals surface area contributed by atoms with Gasteiger partial charge in [-0.2, -0.15) is 0 Å². The third kappa shape index (κ3) is 5.69.